The third-order valence-corrected chi connectivity index (χ3v) is 8.74. The highest BCUT2D eigenvalue weighted by Crippen LogP contribution is 2.39. The zero-order valence-electron chi connectivity index (χ0n) is 23.2. The van der Waals surface area contributed by atoms with Crippen molar-refractivity contribution in [3.05, 3.63) is 63.5 Å². The van der Waals surface area contributed by atoms with Gasteiger partial charge in [-0.25, -0.2) is 9.97 Å². The summed E-state index contributed by atoms with van der Waals surface area (Å²) in [6.45, 7) is 5.06. The number of nitrogens with one attached hydrogen (secondary N) is 2. The van der Waals surface area contributed by atoms with E-state index in [2.05, 4.69) is 53.8 Å². The van der Waals surface area contributed by atoms with E-state index in [1.165, 1.54) is 10.4 Å². The first-order valence-corrected chi connectivity index (χ1v) is 14.7. The monoisotopic (exact) mass is 593 g/mol. The number of imidazole rings is 1. The van der Waals surface area contributed by atoms with Gasteiger partial charge in [0, 0.05) is 63.1 Å². The van der Waals surface area contributed by atoms with Crippen LogP contribution in [0.4, 0.5) is 28.8 Å². The van der Waals surface area contributed by atoms with Gasteiger partial charge in [-0.05, 0) is 36.5 Å². The Hall–Kier alpha value is -3.87. The Morgan fingerprint density at radius 1 is 1.07 bits per heavy atom. The van der Waals surface area contributed by atoms with Crippen LogP contribution in [0.5, 0.6) is 5.75 Å². The zero-order valence-corrected chi connectivity index (χ0v) is 24.8. The van der Waals surface area contributed by atoms with E-state index in [0.717, 1.165) is 51.4 Å². The number of hydrogen-bond donors (Lipinski definition) is 2. The molecule has 6 rings (SSSR count). The number of rotatable bonds is 7. The molecule has 0 saturated carbocycles. The number of amides is 1. The number of aryl methyl sites for hydroxylation is 1. The standard InChI is InChI=1S/C28H32ClN9O2S/c1-35-9-11-37(12-10-35)22-15-23(40-3)21(14-20(22)32-27(39)26-30-6-8-36(26)2)33-28-31-16-19(29)25(34-28)38-7-4-18-5-13-41-24(18)17-38/h5-6,8,13-16H,4,7,9-12,17H2,1-3H3,(H,32,39)(H,31,33,34). The average Bonchev–Trinajstić information content (AvgIpc) is 3.63. The molecule has 4 aromatic rings. The molecule has 0 radical (unpaired) electrons. The lowest BCUT2D eigenvalue weighted by Gasteiger charge is -2.35. The predicted molar refractivity (Wildman–Crippen MR) is 163 cm³/mol. The Morgan fingerprint density at radius 3 is 2.66 bits per heavy atom. The highest BCUT2D eigenvalue weighted by Gasteiger charge is 2.24. The van der Waals surface area contributed by atoms with Crippen LogP contribution in [0.2, 0.25) is 5.02 Å². The Bertz CT molecular complexity index is 1560. The van der Waals surface area contributed by atoms with Crippen LogP contribution < -0.4 is 25.2 Å². The molecule has 13 heteroatoms. The molecular formula is C28H32ClN9O2S. The maximum atomic E-state index is 13.2. The van der Waals surface area contributed by atoms with Crippen molar-refractivity contribution >= 4 is 57.7 Å². The van der Waals surface area contributed by atoms with Crippen LogP contribution in [0.15, 0.2) is 42.2 Å². The molecule has 1 amide bonds. The molecule has 0 unspecified atom stereocenters. The SMILES string of the molecule is COc1cc(N2CCN(C)CC2)c(NC(=O)c2nccn2C)cc1Nc1ncc(Cl)c(N2CCc3ccsc3C2)n1. The van der Waals surface area contributed by atoms with Crippen molar-refractivity contribution in [3.63, 3.8) is 0 Å². The predicted octanol–water partition coefficient (Wildman–Crippen LogP) is 4.24. The number of hydrogen-bond acceptors (Lipinski definition) is 10. The molecule has 0 aliphatic carbocycles. The Labute approximate surface area is 247 Å². The van der Waals surface area contributed by atoms with Crippen molar-refractivity contribution in [2.24, 2.45) is 7.05 Å². The van der Waals surface area contributed by atoms with Crippen LogP contribution in [0.25, 0.3) is 0 Å². The number of benzene rings is 1. The van der Waals surface area contributed by atoms with Crippen LogP contribution in [0.3, 0.4) is 0 Å². The summed E-state index contributed by atoms with van der Waals surface area (Å²) in [5.41, 5.74) is 3.52. The first kappa shape index (κ1) is 27.3. The molecule has 1 fully saturated rings. The number of fused-ring (bicyclic) bond motifs is 1. The molecule has 1 aromatic carbocycles. The van der Waals surface area contributed by atoms with Crippen molar-refractivity contribution in [2.45, 2.75) is 13.0 Å². The van der Waals surface area contributed by atoms with Crippen molar-refractivity contribution in [1.29, 1.82) is 0 Å². The number of piperazine rings is 1. The summed E-state index contributed by atoms with van der Waals surface area (Å²) in [6.07, 6.45) is 5.91. The lowest BCUT2D eigenvalue weighted by Crippen LogP contribution is -2.44. The van der Waals surface area contributed by atoms with E-state index in [1.807, 2.05) is 12.1 Å². The quantitative estimate of drug-likeness (QED) is 0.325. The fourth-order valence-electron chi connectivity index (χ4n) is 5.19. The molecule has 2 aliphatic rings. The first-order chi connectivity index (χ1) is 19.9. The Kier molecular flexibility index (Phi) is 7.69. The van der Waals surface area contributed by atoms with Crippen molar-refractivity contribution in [1.82, 2.24) is 24.4 Å². The second-order valence-electron chi connectivity index (χ2n) is 10.2. The highest BCUT2D eigenvalue weighted by molar-refractivity contribution is 7.10. The molecule has 0 atom stereocenters. The molecule has 2 aliphatic heterocycles. The van der Waals surface area contributed by atoms with Gasteiger partial charge in [-0.3, -0.25) is 4.79 Å². The number of carbonyl (C=O) groups excluding carboxylic acids is 1. The molecule has 3 aromatic heterocycles. The lowest BCUT2D eigenvalue weighted by molar-refractivity contribution is 0.101. The smallest absolute Gasteiger partial charge is 0.291 e. The van der Waals surface area contributed by atoms with E-state index >= 15 is 0 Å². The van der Waals surface area contributed by atoms with E-state index in [9.17, 15) is 4.79 Å². The molecule has 41 heavy (non-hydrogen) atoms. The van der Waals surface area contributed by atoms with Gasteiger partial charge in [0.2, 0.25) is 5.95 Å². The number of ether oxygens (including phenoxy) is 1. The van der Waals surface area contributed by atoms with Crippen LogP contribution in [-0.2, 0) is 20.0 Å². The van der Waals surface area contributed by atoms with E-state index in [-0.39, 0.29) is 5.91 Å². The molecular weight excluding hydrogens is 562 g/mol. The summed E-state index contributed by atoms with van der Waals surface area (Å²) in [6, 6.07) is 6.00. The zero-order chi connectivity index (χ0) is 28.5. The second kappa shape index (κ2) is 11.6. The summed E-state index contributed by atoms with van der Waals surface area (Å²) in [5, 5.41) is 9.02. The highest BCUT2D eigenvalue weighted by atomic mass is 35.5. The van der Waals surface area contributed by atoms with Gasteiger partial charge in [-0.1, -0.05) is 11.6 Å². The molecule has 2 N–H and O–H groups in total. The van der Waals surface area contributed by atoms with Gasteiger partial charge in [-0.2, -0.15) is 4.98 Å². The van der Waals surface area contributed by atoms with Gasteiger partial charge in [-0.15, -0.1) is 11.3 Å². The summed E-state index contributed by atoms with van der Waals surface area (Å²) < 4.78 is 7.49. The van der Waals surface area contributed by atoms with Crippen LogP contribution >= 0.6 is 22.9 Å². The largest absolute Gasteiger partial charge is 0.494 e. The number of aromatic nitrogens is 4. The van der Waals surface area contributed by atoms with E-state index in [4.69, 9.17) is 21.3 Å². The van der Waals surface area contributed by atoms with Crippen molar-refractivity contribution in [3.8, 4) is 5.75 Å². The van der Waals surface area contributed by atoms with E-state index < -0.39 is 0 Å². The molecule has 5 heterocycles. The summed E-state index contributed by atoms with van der Waals surface area (Å²) in [4.78, 5) is 34.7. The second-order valence-corrected chi connectivity index (χ2v) is 11.6. The fourth-order valence-corrected chi connectivity index (χ4v) is 6.34. The number of likely N-dealkylation sites (N-methyl/N-ethyl adjacent to an activating group) is 1. The average molecular weight is 594 g/mol. The van der Waals surface area contributed by atoms with Gasteiger partial charge in [0.15, 0.2) is 11.6 Å². The van der Waals surface area contributed by atoms with Crippen LogP contribution in [-0.4, -0.2) is 77.2 Å². The fraction of sp³-hybridized carbons (Fsp3) is 0.357. The number of nitrogens with zero attached hydrogens (tertiary/aromatic N) is 7. The van der Waals surface area contributed by atoms with Crippen LogP contribution in [0, 0.1) is 0 Å². The minimum absolute atomic E-state index is 0.299. The van der Waals surface area contributed by atoms with Gasteiger partial charge < -0.3 is 34.6 Å². The third kappa shape index (κ3) is 5.67. The topological polar surface area (TPSA) is 104 Å². The molecule has 0 spiro atoms. The van der Waals surface area contributed by atoms with E-state index in [1.54, 1.807) is 48.7 Å². The van der Waals surface area contributed by atoms with Gasteiger partial charge in [0.1, 0.15) is 10.8 Å². The Morgan fingerprint density at radius 2 is 1.90 bits per heavy atom. The number of halogens is 1. The minimum atomic E-state index is -0.299. The van der Waals surface area contributed by atoms with Crippen molar-refractivity contribution < 1.29 is 9.53 Å². The summed E-state index contributed by atoms with van der Waals surface area (Å²) >= 11 is 8.33. The normalized spacial score (nSPS) is 15.5. The Balaban J connectivity index is 1.32. The van der Waals surface area contributed by atoms with Gasteiger partial charge in [0.05, 0.1) is 36.9 Å². The van der Waals surface area contributed by atoms with Crippen LogP contribution in [0.1, 0.15) is 21.1 Å². The molecule has 0 bridgehead atoms. The molecule has 1 saturated heterocycles. The number of thiophene rings is 1. The third-order valence-electron chi connectivity index (χ3n) is 7.53. The maximum Gasteiger partial charge on any atom is 0.291 e. The minimum Gasteiger partial charge on any atom is -0.494 e. The maximum absolute atomic E-state index is 13.2. The molecule has 11 nitrogen and oxygen atoms in total. The number of anilines is 5. The first-order valence-electron chi connectivity index (χ1n) is 13.4. The summed E-state index contributed by atoms with van der Waals surface area (Å²) in [5.74, 6) is 1.69. The lowest BCUT2D eigenvalue weighted by atomic mass is 10.1. The molecule has 214 valence electrons. The van der Waals surface area contributed by atoms with Crippen molar-refractivity contribution in [2.75, 3.05) is 67.3 Å². The number of methoxy groups -OCH3 is 1. The number of carbonyl (C=O) groups is 1. The van der Waals surface area contributed by atoms with Gasteiger partial charge >= 0.3 is 0 Å². The van der Waals surface area contributed by atoms with E-state index in [0.29, 0.717) is 39.7 Å². The summed E-state index contributed by atoms with van der Waals surface area (Å²) in [7, 11) is 5.53. The van der Waals surface area contributed by atoms with Gasteiger partial charge in [0.25, 0.3) is 5.91 Å².